The summed E-state index contributed by atoms with van der Waals surface area (Å²) in [6.45, 7) is 0. The van der Waals surface area contributed by atoms with Gasteiger partial charge in [0, 0.05) is 0 Å². The van der Waals surface area contributed by atoms with Crippen LogP contribution in [-0.2, 0) is 14.3 Å². The van der Waals surface area contributed by atoms with Gasteiger partial charge in [0.1, 0.15) is 12.2 Å². The molecule has 0 radical (unpaired) electrons. The van der Waals surface area contributed by atoms with Crippen LogP contribution in [0.5, 0.6) is 0 Å². The third-order valence-electron chi connectivity index (χ3n) is 1.75. The van der Waals surface area contributed by atoms with Gasteiger partial charge in [0.15, 0.2) is 12.2 Å². The zero-order chi connectivity index (χ0) is 10.2. The van der Waals surface area contributed by atoms with Gasteiger partial charge in [-0.15, -0.1) is 0 Å². The third kappa shape index (κ3) is 1.62. The molecule has 1 aliphatic rings. The van der Waals surface area contributed by atoms with Crippen molar-refractivity contribution in [3.8, 4) is 0 Å². The largest absolute Gasteiger partial charge is 0.479 e. The van der Waals surface area contributed by atoms with E-state index in [1.165, 1.54) is 0 Å². The summed E-state index contributed by atoms with van der Waals surface area (Å²) in [5.74, 6) is -3.01. The second kappa shape index (κ2) is 3.29. The van der Waals surface area contributed by atoms with Crippen molar-refractivity contribution in [2.75, 3.05) is 0 Å². The number of hydrogen-bond acceptors (Lipinski definition) is 5. The second-order valence-corrected chi connectivity index (χ2v) is 2.63. The van der Waals surface area contributed by atoms with Crippen LogP contribution < -0.4 is 0 Å². The molecule has 1 aliphatic heterocycles. The lowest BCUT2D eigenvalue weighted by Crippen LogP contribution is -2.37. The molecule has 0 aliphatic carbocycles. The molecule has 0 saturated carbocycles. The van der Waals surface area contributed by atoms with Crippen LogP contribution in [0.15, 0.2) is 0 Å². The van der Waals surface area contributed by atoms with E-state index in [1.54, 1.807) is 0 Å². The fraction of sp³-hybridized carbons (Fsp3) is 0.667. The Hall–Kier alpha value is -1.18. The first-order valence-electron chi connectivity index (χ1n) is 3.42. The van der Waals surface area contributed by atoms with E-state index in [0.29, 0.717) is 0 Å². The Morgan fingerprint density at radius 3 is 1.38 bits per heavy atom. The molecule has 74 valence electrons. The monoisotopic (exact) mass is 192 g/mol. The molecule has 7 nitrogen and oxygen atoms in total. The minimum Gasteiger partial charge on any atom is -0.479 e. The molecule has 0 aromatic heterocycles. The lowest BCUT2D eigenvalue weighted by Gasteiger charge is -2.09. The van der Waals surface area contributed by atoms with Crippen molar-refractivity contribution in [3.63, 3.8) is 0 Å². The van der Waals surface area contributed by atoms with Crippen LogP contribution in [-0.4, -0.2) is 56.8 Å². The van der Waals surface area contributed by atoms with Gasteiger partial charge < -0.3 is 25.2 Å². The fourth-order valence-corrected chi connectivity index (χ4v) is 1.09. The first kappa shape index (κ1) is 9.90. The summed E-state index contributed by atoms with van der Waals surface area (Å²) in [6.07, 6.45) is -6.79. The van der Waals surface area contributed by atoms with Gasteiger partial charge in [-0.3, -0.25) is 0 Å². The minimum atomic E-state index is -1.71. The van der Waals surface area contributed by atoms with Crippen molar-refractivity contribution < 1.29 is 34.8 Å². The highest BCUT2D eigenvalue weighted by Crippen LogP contribution is 2.21. The molecular formula is C6H8O7. The third-order valence-corrected chi connectivity index (χ3v) is 1.75. The molecule has 0 bridgehead atoms. The number of carbonyl (C=O) groups is 2. The van der Waals surface area contributed by atoms with E-state index < -0.39 is 36.4 Å². The maximum atomic E-state index is 10.3. The SMILES string of the molecule is O=C(O)[C@H]1O[C@@H](C(=O)O)[C@@H](O)[C@H]1O. The zero-order valence-electron chi connectivity index (χ0n) is 6.32. The molecule has 13 heavy (non-hydrogen) atoms. The van der Waals surface area contributed by atoms with Crippen molar-refractivity contribution in [2.24, 2.45) is 0 Å². The van der Waals surface area contributed by atoms with Crippen LogP contribution >= 0.6 is 0 Å². The van der Waals surface area contributed by atoms with Gasteiger partial charge in [0.2, 0.25) is 0 Å². The number of rotatable bonds is 2. The lowest BCUT2D eigenvalue weighted by molar-refractivity contribution is -0.160. The standard InChI is InChI=1S/C6H8O7/c7-1-2(8)4(6(11)12)13-3(1)5(9)10/h1-4,7-8H,(H,9,10)(H,11,12)/t1-,2+,3+,4-. The normalized spacial score (nSPS) is 38.9. The van der Waals surface area contributed by atoms with Gasteiger partial charge in [-0.2, -0.15) is 0 Å². The second-order valence-electron chi connectivity index (χ2n) is 2.63. The predicted molar refractivity (Wildman–Crippen MR) is 35.9 cm³/mol. The Kier molecular flexibility index (Phi) is 2.50. The first-order chi connectivity index (χ1) is 5.95. The van der Waals surface area contributed by atoms with Gasteiger partial charge in [-0.25, -0.2) is 9.59 Å². The van der Waals surface area contributed by atoms with E-state index in [2.05, 4.69) is 4.74 Å². The van der Waals surface area contributed by atoms with E-state index in [-0.39, 0.29) is 0 Å². The van der Waals surface area contributed by atoms with Crippen LogP contribution in [0.25, 0.3) is 0 Å². The number of carboxylic acid groups (broad SMARTS) is 2. The Labute approximate surface area is 72.2 Å². The lowest BCUT2D eigenvalue weighted by atomic mass is 10.1. The molecule has 0 spiro atoms. The Bertz CT molecular complexity index is 213. The highest BCUT2D eigenvalue weighted by atomic mass is 16.6. The highest BCUT2D eigenvalue weighted by Gasteiger charge is 2.49. The van der Waals surface area contributed by atoms with Gasteiger partial charge in [-0.05, 0) is 0 Å². The quantitative estimate of drug-likeness (QED) is 0.386. The minimum absolute atomic E-state index is 1.50. The fourth-order valence-electron chi connectivity index (χ4n) is 1.09. The Morgan fingerprint density at radius 1 is 0.923 bits per heavy atom. The van der Waals surface area contributed by atoms with E-state index in [1.807, 2.05) is 0 Å². The number of carboxylic acids is 2. The van der Waals surface area contributed by atoms with Crippen LogP contribution in [0.4, 0.5) is 0 Å². The molecule has 0 aromatic carbocycles. The van der Waals surface area contributed by atoms with Gasteiger partial charge in [-0.1, -0.05) is 0 Å². The summed E-state index contributed by atoms with van der Waals surface area (Å²) >= 11 is 0. The van der Waals surface area contributed by atoms with Crippen LogP contribution in [0, 0.1) is 0 Å². The molecule has 0 amide bonds. The molecule has 0 unspecified atom stereocenters. The first-order valence-corrected chi connectivity index (χ1v) is 3.42. The molecular weight excluding hydrogens is 184 g/mol. The average molecular weight is 192 g/mol. The van der Waals surface area contributed by atoms with E-state index in [0.717, 1.165) is 0 Å². The number of hydrogen-bond donors (Lipinski definition) is 4. The number of ether oxygens (including phenoxy) is 1. The topological polar surface area (TPSA) is 124 Å². The van der Waals surface area contributed by atoms with Crippen molar-refractivity contribution in [1.82, 2.24) is 0 Å². The molecule has 4 N–H and O–H groups in total. The van der Waals surface area contributed by atoms with Crippen LogP contribution in [0.3, 0.4) is 0 Å². The van der Waals surface area contributed by atoms with Crippen LogP contribution in [0.2, 0.25) is 0 Å². The van der Waals surface area contributed by atoms with Crippen molar-refractivity contribution >= 4 is 11.9 Å². The molecule has 4 atom stereocenters. The van der Waals surface area contributed by atoms with E-state index in [9.17, 15) is 9.59 Å². The summed E-state index contributed by atoms with van der Waals surface area (Å²) in [6, 6.07) is 0. The van der Waals surface area contributed by atoms with Crippen molar-refractivity contribution in [2.45, 2.75) is 24.4 Å². The summed E-state index contributed by atoms with van der Waals surface area (Å²) in [5.41, 5.74) is 0. The van der Waals surface area contributed by atoms with Gasteiger partial charge in [0.25, 0.3) is 0 Å². The molecule has 1 rings (SSSR count). The Morgan fingerprint density at radius 2 is 1.23 bits per heavy atom. The van der Waals surface area contributed by atoms with Gasteiger partial charge >= 0.3 is 11.9 Å². The maximum absolute atomic E-state index is 10.3. The number of aliphatic carboxylic acids is 2. The van der Waals surface area contributed by atoms with Crippen molar-refractivity contribution in [1.29, 1.82) is 0 Å². The molecule has 1 fully saturated rings. The molecule has 0 aromatic rings. The predicted octanol–water partition coefficient (Wildman–Crippen LogP) is -2.36. The summed E-state index contributed by atoms with van der Waals surface area (Å²) in [7, 11) is 0. The molecule has 1 heterocycles. The summed E-state index contributed by atoms with van der Waals surface area (Å²) < 4.78 is 4.41. The molecule has 7 heteroatoms. The summed E-state index contributed by atoms with van der Waals surface area (Å²) in [5, 5.41) is 34.9. The van der Waals surface area contributed by atoms with Crippen LogP contribution in [0.1, 0.15) is 0 Å². The Balaban J connectivity index is 2.78. The van der Waals surface area contributed by atoms with E-state index >= 15 is 0 Å². The number of aliphatic hydroxyl groups excluding tert-OH is 2. The van der Waals surface area contributed by atoms with Crippen molar-refractivity contribution in [3.05, 3.63) is 0 Å². The zero-order valence-corrected chi connectivity index (χ0v) is 6.32. The molecule has 1 saturated heterocycles. The van der Waals surface area contributed by atoms with E-state index in [4.69, 9.17) is 20.4 Å². The average Bonchev–Trinajstić information content (AvgIpc) is 2.29. The summed E-state index contributed by atoms with van der Waals surface area (Å²) in [4.78, 5) is 20.7. The highest BCUT2D eigenvalue weighted by molar-refractivity contribution is 5.78. The van der Waals surface area contributed by atoms with Gasteiger partial charge in [0.05, 0.1) is 0 Å². The number of aliphatic hydroxyl groups is 2. The smallest absolute Gasteiger partial charge is 0.335 e. The maximum Gasteiger partial charge on any atom is 0.335 e.